The smallest absolute Gasteiger partial charge is 0.324 e. The van der Waals surface area contributed by atoms with Gasteiger partial charge < -0.3 is 15.1 Å². The van der Waals surface area contributed by atoms with E-state index in [1.165, 1.54) is 6.42 Å². The van der Waals surface area contributed by atoms with Gasteiger partial charge in [-0.05, 0) is 38.2 Å². The molecule has 1 aromatic rings. The van der Waals surface area contributed by atoms with Crippen molar-refractivity contribution in [2.75, 3.05) is 0 Å². The number of sulfonamides is 1. The van der Waals surface area contributed by atoms with Crippen LogP contribution in [0.1, 0.15) is 62.8 Å². The molecular formula is C18H26N2O6S. The van der Waals surface area contributed by atoms with Gasteiger partial charge in [0.15, 0.2) is 0 Å². The summed E-state index contributed by atoms with van der Waals surface area (Å²) in [5, 5.41) is 16.0. The predicted octanol–water partition coefficient (Wildman–Crippen LogP) is 2.12. The maximum Gasteiger partial charge on any atom is 0.324 e. The van der Waals surface area contributed by atoms with Crippen molar-refractivity contribution in [1.82, 2.24) is 4.72 Å². The Bertz CT molecular complexity index is 804. The molecule has 2 saturated carbocycles. The third-order valence-corrected chi connectivity index (χ3v) is 7.41. The van der Waals surface area contributed by atoms with Crippen molar-refractivity contribution < 1.29 is 28.3 Å². The van der Waals surface area contributed by atoms with Crippen LogP contribution in [0.2, 0.25) is 0 Å². The standard InChI is InChI=1S/C18H23NO5S.H3NO/c20-17(21)18(9-3-4-10-18)19-25(22,23)12-7-8-14-13-5-1-2-6-15(13)24-16(14)11-12;1-2/h7-8,11,13,15,19H,1-6,9-10H2,(H,20,21);2H,1H2. The van der Waals surface area contributed by atoms with Crippen LogP contribution >= 0.6 is 0 Å². The number of benzene rings is 1. The molecule has 2 fully saturated rings. The Hall–Kier alpha value is -1.68. The largest absolute Gasteiger partial charge is 0.489 e. The molecule has 2 aliphatic carbocycles. The molecule has 3 aliphatic rings. The zero-order valence-corrected chi connectivity index (χ0v) is 15.9. The number of carbonyl (C=O) groups is 1. The Kier molecular flexibility index (Phi) is 5.76. The Balaban J connectivity index is 0.00000102. The van der Waals surface area contributed by atoms with Crippen molar-refractivity contribution in [2.45, 2.75) is 73.8 Å². The van der Waals surface area contributed by atoms with E-state index in [0.717, 1.165) is 24.8 Å². The van der Waals surface area contributed by atoms with Gasteiger partial charge in [0.2, 0.25) is 10.0 Å². The topological polar surface area (TPSA) is 139 Å². The Morgan fingerprint density at radius 3 is 2.48 bits per heavy atom. The first kappa shape index (κ1) is 20.1. The zero-order valence-electron chi connectivity index (χ0n) is 15.1. The van der Waals surface area contributed by atoms with E-state index >= 15 is 0 Å². The van der Waals surface area contributed by atoms with E-state index in [-0.39, 0.29) is 11.0 Å². The van der Waals surface area contributed by atoms with Crippen LogP contribution in [0.25, 0.3) is 0 Å². The van der Waals surface area contributed by atoms with E-state index in [1.807, 2.05) is 6.07 Å². The van der Waals surface area contributed by atoms with Gasteiger partial charge >= 0.3 is 5.97 Å². The average Bonchev–Trinajstić information content (AvgIpc) is 3.27. The molecule has 2 atom stereocenters. The highest BCUT2D eigenvalue weighted by Crippen LogP contribution is 2.46. The monoisotopic (exact) mass is 398 g/mol. The third-order valence-electron chi connectivity index (χ3n) is 5.87. The highest BCUT2D eigenvalue weighted by Gasteiger charge is 2.45. The lowest BCUT2D eigenvalue weighted by atomic mass is 9.83. The summed E-state index contributed by atoms with van der Waals surface area (Å²) < 4.78 is 34.0. The van der Waals surface area contributed by atoms with Gasteiger partial charge in [0.1, 0.15) is 17.4 Å². The number of ether oxygens (including phenoxy) is 1. The molecule has 0 spiro atoms. The lowest BCUT2D eigenvalue weighted by molar-refractivity contribution is -0.143. The molecule has 9 heteroatoms. The molecule has 4 rings (SSSR count). The lowest BCUT2D eigenvalue weighted by Crippen LogP contribution is -2.52. The maximum absolute atomic E-state index is 12.8. The quantitative estimate of drug-likeness (QED) is 0.570. The van der Waals surface area contributed by atoms with E-state index in [0.29, 0.717) is 37.4 Å². The summed E-state index contributed by atoms with van der Waals surface area (Å²) in [7, 11) is -3.91. The van der Waals surface area contributed by atoms with Crippen LogP contribution in [0.4, 0.5) is 0 Å². The number of carboxylic acids is 1. The van der Waals surface area contributed by atoms with E-state index in [9.17, 15) is 18.3 Å². The number of carboxylic acid groups (broad SMARTS) is 1. The number of fused-ring (bicyclic) bond motifs is 3. The molecule has 5 N–H and O–H groups in total. The zero-order chi connectivity index (χ0) is 19.7. The summed E-state index contributed by atoms with van der Waals surface area (Å²) in [6.45, 7) is 0. The fourth-order valence-electron chi connectivity index (χ4n) is 4.50. The molecule has 0 aromatic heterocycles. The lowest BCUT2D eigenvalue weighted by Gasteiger charge is -2.25. The van der Waals surface area contributed by atoms with Crippen LogP contribution < -0.4 is 15.4 Å². The first-order chi connectivity index (χ1) is 12.9. The van der Waals surface area contributed by atoms with Crippen LogP contribution in [0.3, 0.4) is 0 Å². The van der Waals surface area contributed by atoms with Gasteiger partial charge in [0.25, 0.3) is 0 Å². The van der Waals surface area contributed by atoms with E-state index in [1.54, 1.807) is 12.1 Å². The van der Waals surface area contributed by atoms with Gasteiger partial charge in [-0.3, -0.25) is 4.79 Å². The first-order valence-electron chi connectivity index (χ1n) is 9.25. The minimum atomic E-state index is -3.91. The molecule has 27 heavy (non-hydrogen) atoms. The summed E-state index contributed by atoms with van der Waals surface area (Å²) in [4.78, 5) is 11.7. The second-order valence-electron chi connectivity index (χ2n) is 7.45. The highest BCUT2D eigenvalue weighted by molar-refractivity contribution is 7.89. The number of nitrogens with two attached hydrogens (primary N) is 1. The second-order valence-corrected chi connectivity index (χ2v) is 9.13. The van der Waals surface area contributed by atoms with Gasteiger partial charge in [0.05, 0.1) is 4.90 Å². The maximum atomic E-state index is 12.8. The highest BCUT2D eigenvalue weighted by atomic mass is 32.2. The molecule has 0 saturated heterocycles. The molecule has 1 aromatic carbocycles. The van der Waals surface area contributed by atoms with Crippen LogP contribution in [0.15, 0.2) is 23.1 Å². The van der Waals surface area contributed by atoms with Crippen molar-refractivity contribution in [3.63, 3.8) is 0 Å². The molecule has 0 radical (unpaired) electrons. The van der Waals surface area contributed by atoms with Crippen molar-refractivity contribution >= 4 is 16.0 Å². The van der Waals surface area contributed by atoms with Gasteiger partial charge in [-0.25, -0.2) is 14.3 Å². The molecule has 0 amide bonds. The fraction of sp³-hybridized carbons (Fsp3) is 0.611. The normalized spacial score (nSPS) is 25.6. The van der Waals surface area contributed by atoms with E-state index in [4.69, 9.17) is 9.94 Å². The Morgan fingerprint density at radius 1 is 1.15 bits per heavy atom. The fourth-order valence-corrected chi connectivity index (χ4v) is 5.93. The number of rotatable bonds is 4. The van der Waals surface area contributed by atoms with Crippen molar-refractivity contribution in [3.05, 3.63) is 23.8 Å². The molecule has 1 aliphatic heterocycles. The van der Waals surface area contributed by atoms with E-state index < -0.39 is 21.5 Å². The number of hydrogen-bond donors (Lipinski definition) is 4. The molecular weight excluding hydrogens is 372 g/mol. The van der Waals surface area contributed by atoms with Crippen LogP contribution in [-0.4, -0.2) is 36.3 Å². The third kappa shape index (κ3) is 3.69. The summed E-state index contributed by atoms with van der Waals surface area (Å²) in [6, 6.07) is 4.97. The molecule has 1 heterocycles. The molecule has 0 bridgehead atoms. The molecule has 150 valence electrons. The summed E-state index contributed by atoms with van der Waals surface area (Å²) in [5.41, 5.74) is -0.301. The minimum absolute atomic E-state index is 0.0809. The SMILES string of the molecule is NO.O=C(O)C1(NS(=O)(=O)c2ccc3c(c2)OC2CCCCC32)CCCC1. The van der Waals surface area contributed by atoms with Crippen LogP contribution in [0, 0.1) is 0 Å². The van der Waals surface area contributed by atoms with Crippen LogP contribution in [-0.2, 0) is 14.8 Å². The number of hydrogen-bond acceptors (Lipinski definition) is 6. The number of nitrogens with one attached hydrogen (secondary N) is 1. The average molecular weight is 398 g/mol. The van der Waals surface area contributed by atoms with Gasteiger partial charge in [0, 0.05) is 17.5 Å². The Morgan fingerprint density at radius 2 is 1.81 bits per heavy atom. The number of aliphatic carboxylic acids is 1. The van der Waals surface area contributed by atoms with Gasteiger partial charge in [-0.15, -0.1) is 0 Å². The van der Waals surface area contributed by atoms with Crippen molar-refractivity contribution in [1.29, 1.82) is 0 Å². The van der Waals surface area contributed by atoms with Crippen molar-refractivity contribution in [2.24, 2.45) is 5.90 Å². The summed E-state index contributed by atoms with van der Waals surface area (Å²) in [6.07, 6.45) is 6.62. The predicted molar refractivity (Wildman–Crippen MR) is 97.2 cm³/mol. The summed E-state index contributed by atoms with van der Waals surface area (Å²) >= 11 is 0. The van der Waals surface area contributed by atoms with Gasteiger partial charge in [-0.1, -0.05) is 25.3 Å². The second kappa shape index (κ2) is 7.75. The Labute approximate surface area is 158 Å². The summed E-state index contributed by atoms with van der Waals surface area (Å²) in [5.74, 6) is 3.39. The van der Waals surface area contributed by atoms with E-state index in [2.05, 4.69) is 10.6 Å². The minimum Gasteiger partial charge on any atom is -0.489 e. The molecule has 8 nitrogen and oxygen atoms in total. The first-order valence-corrected chi connectivity index (χ1v) is 10.7. The molecule has 2 unspecified atom stereocenters. The van der Waals surface area contributed by atoms with Crippen molar-refractivity contribution in [3.8, 4) is 5.75 Å². The van der Waals surface area contributed by atoms with Gasteiger partial charge in [-0.2, -0.15) is 4.72 Å². The van der Waals surface area contributed by atoms with Crippen LogP contribution in [0.5, 0.6) is 5.75 Å².